The van der Waals surface area contributed by atoms with Crippen molar-refractivity contribution in [3.8, 4) is 0 Å². The molecule has 0 spiro atoms. The molecule has 0 atom stereocenters. The number of rotatable bonds is 0. The molecular formula is C6H6CuN. The first-order chi connectivity index (χ1) is 3.79. The van der Waals surface area contributed by atoms with Gasteiger partial charge in [0.25, 0.3) is 0 Å². The molecule has 1 rings (SSSR count). The van der Waals surface area contributed by atoms with E-state index in [0.29, 0.717) is 0 Å². The predicted octanol–water partition coefficient (Wildman–Crippen LogP) is 0.441. The first-order valence-electron chi connectivity index (χ1n) is 2.26. The molecule has 0 heterocycles. The van der Waals surface area contributed by atoms with Gasteiger partial charge < -0.3 is 0 Å². The van der Waals surface area contributed by atoms with E-state index in [4.69, 9.17) is 21.7 Å². The summed E-state index contributed by atoms with van der Waals surface area (Å²) in [5.41, 5.74) is 6.12. The maximum atomic E-state index is 5.39. The first-order valence-corrected chi connectivity index (χ1v) is 2.73. The predicted molar refractivity (Wildman–Crippen MR) is 30.5 cm³/mol. The van der Waals surface area contributed by atoms with Crippen molar-refractivity contribution in [1.29, 1.82) is 0 Å². The van der Waals surface area contributed by atoms with Crippen molar-refractivity contribution in [1.82, 2.24) is 0 Å². The standard InChI is InChI=1S/C6H6N.Cu/c7-6-4-2-1-3-5-6;/h1-2,4-5H,7H2;. The zero-order valence-electron chi connectivity index (χ0n) is 4.19. The number of nitrogens with two attached hydrogens (primary N) is 1. The van der Waals surface area contributed by atoms with E-state index in [-0.39, 0.29) is 0 Å². The van der Waals surface area contributed by atoms with Crippen molar-refractivity contribution in [2.24, 2.45) is 0 Å². The molecule has 0 radical (unpaired) electrons. The van der Waals surface area contributed by atoms with E-state index in [1.807, 2.05) is 18.2 Å². The minimum absolute atomic E-state index is 0.729. The Kier molecular flexibility index (Phi) is 1.56. The van der Waals surface area contributed by atoms with E-state index in [9.17, 15) is 0 Å². The fraction of sp³-hybridized carbons (Fsp3) is 0. The molecule has 0 aliphatic heterocycles. The molecule has 0 aromatic heterocycles. The molecule has 1 aromatic rings. The summed E-state index contributed by atoms with van der Waals surface area (Å²) < 4.78 is 0.775. The van der Waals surface area contributed by atoms with E-state index in [2.05, 4.69) is 0 Å². The zero-order chi connectivity index (χ0) is 5.98. The number of anilines is 1. The van der Waals surface area contributed by atoms with E-state index < -0.39 is 0 Å². The average molecular weight is 156 g/mol. The van der Waals surface area contributed by atoms with Crippen molar-refractivity contribution >= 4 is 10.1 Å². The Balaban J connectivity index is 3.08. The molecule has 0 fully saturated rings. The van der Waals surface area contributed by atoms with E-state index >= 15 is 0 Å². The van der Waals surface area contributed by atoms with Gasteiger partial charge in [-0.2, -0.15) is 0 Å². The summed E-state index contributed by atoms with van der Waals surface area (Å²) in [5, 5.41) is 0. The Labute approximate surface area is 56.7 Å². The fourth-order valence-electron chi connectivity index (χ4n) is 0.486. The molecule has 0 aliphatic carbocycles. The minimum atomic E-state index is 0.729. The average Bonchev–Trinajstić information content (AvgIpc) is 1.64. The van der Waals surface area contributed by atoms with Crippen molar-refractivity contribution in [2.45, 2.75) is 0 Å². The summed E-state index contributed by atoms with van der Waals surface area (Å²) in [6.45, 7) is 0. The number of hydrogen-bond acceptors (Lipinski definition) is 1. The molecule has 1 nitrogen and oxygen atoms in total. The molecular weight excluding hydrogens is 150 g/mol. The van der Waals surface area contributed by atoms with Crippen LogP contribution < -0.4 is 10.2 Å². The van der Waals surface area contributed by atoms with Gasteiger partial charge >= 0.3 is 56.2 Å². The number of nitrogen functional groups attached to an aromatic ring is 1. The van der Waals surface area contributed by atoms with E-state index in [1.165, 1.54) is 0 Å². The van der Waals surface area contributed by atoms with Gasteiger partial charge in [-0.1, -0.05) is 0 Å². The summed E-state index contributed by atoms with van der Waals surface area (Å²) in [5.74, 6) is 0. The van der Waals surface area contributed by atoms with Crippen molar-refractivity contribution in [3.05, 3.63) is 24.3 Å². The third-order valence-electron chi connectivity index (χ3n) is 0.825. The van der Waals surface area contributed by atoms with Crippen LogP contribution in [0.1, 0.15) is 0 Å². The van der Waals surface area contributed by atoms with Crippen molar-refractivity contribution in [2.75, 3.05) is 5.73 Å². The molecule has 0 amide bonds. The van der Waals surface area contributed by atoms with Crippen molar-refractivity contribution < 1.29 is 16.0 Å². The summed E-state index contributed by atoms with van der Waals surface area (Å²) in [7, 11) is 0. The van der Waals surface area contributed by atoms with Gasteiger partial charge in [-0.15, -0.1) is 0 Å². The summed E-state index contributed by atoms with van der Waals surface area (Å²) in [4.78, 5) is 0. The second-order valence-electron chi connectivity index (χ2n) is 1.51. The molecule has 0 aliphatic rings. The van der Waals surface area contributed by atoms with Gasteiger partial charge in [0.15, 0.2) is 0 Å². The van der Waals surface area contributed by atoms with Crippen LogP contribution in [-0.4, -0.2) is 0 Å². The molecule has 2 heteroatoms. The Morgan fingerprint density at radius 2 is 2.12 bits per heavy atom. The van der Waals surface area contributed by atoms with Crippen LogP contribution in [0.3, 0.4) is 0 Å². The van der Waals surface area contributed by atoms with Gasteiger partial charge in [0.2, 0.25) is 0 Å². The van der Waals surface area contributed by atoms with E-state index in [0.717, 1.165) is 10.1 Å². The molecule has 46 valence electrons. The summed E-state index contributed by atoms with van der Waals surface area (Å²) in [6.07, 6.45) is 0. The first kappa shape index (κ1) is 5.67. The molecule has 0 saturated carbocycles. The zero-order valence-corrected chi connectivity index (χ0v) is 5.13. The maximum absolute atomic E-state index is 5.39. The van der Waals surface area contributed by atoms with Gasteiger partial charge in [0.05, 0.1) is 0 Å². The third kappa shape index (κ3) is 1.25. The van der Waals surface area contributed by atoms with Gasteiger partial charge in [0.1, 0.15) is 0 Å². The van der Waals surface area contributed by atoms with Gasteiger partial charge in [-0.25, -0.2) is 0 Å². The van der Waals surface area contributed by atoms with Crippen LogP contribution >= 0.6 is 0 Å². The van der Waals surface area contributed by atoms with E-state index in [1.54, 1.807) is 6.07 Å². The van der Waals surface area contributed by atoms with Crippen LogP contribution in [0.5, 0.6) is 0 Å². The molecule has 0 saturated heterocycles. The number of hydrogen-bond donors (Lipinski definition) is 1. The van der Waals surface area contributed by atoms with Gasteiger partial charge in [0, 0.05) is 0 Å². The molecule has 0 unspecified atom stereocenters. The Bertz CT molecular complexity index is 168. The topological polar surface area (TPSA) is 26.0 Å². The summed E-state index contributed by atoms with van der Waals surface area (Å²) in [6, 6.07) is 7.23. The molecule has 0 bridgehead atoms. The Hall–Kier alpha value is -0.461. The van der Waals surface area contributed by atoms with Gasteiger partial charge in [-0.05, 0) is 0 Å². The van der Waals surface area contributed by atoms with Gasteiger partial charge in [-0.3, -0.25) is 0 Å². The second kappa shape index (κ2) is 2.21. The third-order valence-corrected chi connectivity index (χ3v) is 1.12. The quantitative estimate of drug-likeness (QED) is 0.427. The monoisotopic (exact) mass is 155 g/mol. The van der Waals surface area contributed by atoms with Crippen LogP contribution in [0.4, 0.5) is 5.69 Å². The Morgan fingerprint density at radius 1 is 1.38 bits per heavy atom. The van der Waals surface area contributed by atoms with Crippen LogP contribution in [0.15, 0.2) is 24.3 Å². The molecule has 8 heavy (non-hydrogen) atoms. The number of benzene rings is 1. The van der Waals surface area contributed by atoms with Crippen LogP contribution in [-0.2, 0) is 16.0 Å². The Morgan fingerprint density at radius 3 is 2.50 bits per heavy atom. The fourth-order valence-corrected chi connectivity index (χ4v) is 0.734. The van der Waals surface area contributed by atoms with Crippen LogP contribution in [0.25, 0.3) is 0 Å². The second-order valence-corrected chi connectivity index (χ2v) is 2.05. The van der Waals surface area contributed by atoms with Crippen LogP contribution in [0, 0.1) is 0 Å². The van der Waals surface area contributed by atoms with Crippen molar-refractivity contribution in [3.63, 3.8) is 0 Å². The summed E-state index contributed by atoms with van der Waals surface area (Å²) >= 11 is 4.96. The molecule has 1 aromatic carbocycles. The molecule has 2 N–H and O–H groups in total. The SMILES string of the molecule is Nc1ccc[c]([Cu])c1. The van der Waals surface area contributed by atoms with Crippen LogP contribution in [0.2, 0.25) is 0 Å². The normalized spacial score (nSPS) is 9.25.